The van der Waals surface area contributed by atoms with E-state index in [2.05, 4.69) is 31.7 Å². The van der Waals surface area contributed by atoms with Crippen LogP contribution in [-0.2, 0) is 5.75 Å². The van der Waals surface area contributed by atoms with E-state index in [1.54, 1.807) is 34.4 Å². The number of benzene rings is 1. The number of aromatic nitrogens is 4. The van der Waals surface area contributed by atoms with Gasteiger partial charge in [0.05, 0.1) is 20.8 Å². The monoisotopic (exact) mass is 384 g/mol. The smallest absolute Gasteiger partial charge is 0.236 e. The van der Waals surface area contributed by atoms with Crippen LogP contribution in [0.4, 0.5) is 0 Å². The van der Waals surface area contributed by atoms with Gasteiger partial charge in [0.2, 0.25) is 10.9 Å². The molecule has 0 radical (unpaired) electrons. The molecule has 4 heterocycles. The summed E-state index contributed by atoms with van der Waals surface area (Å²) in [5.74, 6) is 2.24. The lowest BCUT2D eigenvalue weighted by Crippen LogP contribution is -1.89. The molecule has 0 spiro atoms. The van der Waals surface area contributed by atoms with Gasteiger partial charge in [-0.25, -0.2) is 4.98 Å². The Hall–Kier alpha value is -2.16. The van der Waals surface area contributed by atoms with Crippen molar-refractivity contribution in [3.8, 4) is 10.8 Å². The van der Waals surface area contributed by atoms with Gasteiger partial charge in [-0.3, -0.25) is 4.40 Å². The average molecular weight is 385 g/mol. The van der Waals surface area contributed by atoms with Crippen LogP contribution in [0.25, 0.3) is 25.9 Å². The van der Waals surface area contributed by atoms with E-state index in [-0.39, 0.29) is 0 Å². The first-order valence-electron chi connectivity index (χ1n) is 7.65. The van der Waals surface area contributed by atoms with Crippen LogP contribution in [0.3, 0.4) is 0 Å². The maximum absolute atomic E-state index is 5.82. The van der Waals surface area contributed by atoms with Crippen LogP contribution in [-0.4, -0.2) is 19.6 Å². The summed E-state index contributed by atoms with van der Waals surface area (Å²) in [5, 5.41) is 11.5. The quantitative estimate of drug-likeness (QED) is 0.396. The number of thioether (sulfide) groups is 1. The fourth-order valence-electron chi connectivity index (χ4n) is 2.65. The highest BCUT2D eigenvalue weighted by atomic mass is 32.2. The van der Waals surface area contributed by atoms with Gasteiger partial charge in [0.1, 0.15) is 5.76 Å². The fourth-order valence-corrected chi connectivity index (χ4v) is 5.27. The molecule has 25 heavy (non-hydrogen) atoms. The summed E-state index contributed by atoms with van der Waals surface area (Å²) < 4.78 is 9.14. The molecule has 5 rings (SSSR count). The van der Waals surface area contributed by atoms with E-state index >= 15 is 0 Å². The molecule has 0 amide bonds. The van der Waals surface area contributed by atoms with Crippen LogP contribution in [0.5, 0.6) is 0 Å². The van der Waals surface area contributed by atoms with E-state index < -0.39 is 0 Å². The van der Waals surface area contributed by atoms with E-state index in [4.69, 9.17) is 4.42 Å². The Bertz CT molecular complexity index is 1170. The molecule has 0 unspecified atom stereocenters. The van der Waals surface area contributed by atoms with Crippen LogP contribution < -0.4 is 0 Å². The Kier molecular flexibility index (Phi) is 3.61. The zero-order valence-electron chi connectivity index (χ0n) is 13.2. The highest BCUT2D eigenvalue weighted by Crippen LogP contribution is 2.32. The van der Waals surface area contributed by atoms with E-state index in [9.17, 15) is 0 Å². The van der Waals surface area contributed by atoms with E-state index in [0.29, 0.717) is 11.6 Å². The number of hydrogen-bond acceptors (Lipinski definition) is 7. The van der Waals surface area contributed by atoms with Gasteiger partial charge in [-0.1, -0.05) is 41.3 Å². The van der Waals surface area contributed by atoms with Gasteiger partial charge in [0.25, 0.3) is 0 Å². The van der Waals surface area contributed by atoms with Gasteiger partial charge in [-0.15, -0.1) is 21.5 Å². The molecule has 8 heteroatoms. The molecule has 0 saturated heterocycles. The molecule has 5 nitrogen and oxygen atoms in total. The third-order valence-electron chi connectivity index (χ3n) is 3.87. The van der Waals surface area contributed by atoms with E-state index in [0.717, 1.165) is 32.0 Å². The normalized spacial score (nSPS) is 11.7. The predicted octanol–water partition coefficient (Wildman–Crippen LogP) is 5.26. The lowest BCUT2D eigenvalue weighted by molar-refractivity contribution is 0.542. The zero-order chi connectivity index (χ0) is 16.8. The number of fused-ring (bicyclic) bond motifs is 3. The molecule has 0 N–H and O–H groups in total. The van der Waals surface area contributed by atoms with Crippen LogP contribution in [0, 0.1) is 6.92 Å². The van der Waals surface area contributed by atoms with Gasteiger partial charge in [-0.05, 0) is 30.5 Å². The molecule has 0 atom stereocenters. The minimum atomic E-state index is 0.690. The molecule has 4 aromatic heterocycles. The molecule has 0 saturated carbocycles. The summed E-state index contributed by atoms with van der Waals surface area (Å²) in [6, 6.07) is 12.3. The highest BCUT2D eigenvalue weighted by Gasteiger charge is 2.16. The summed E-state index contributed by atoms with van der Waals surface area (Å²) in [7, 11) is 0. The lowest BCUT2D eigenvalue weighted by atomic mass is 10.3. The Morgan fingerprint density at radius 1 is 1.16 bits per heavy atom. The second-order valence-corrected chi connectivity index (χ2v) is 8.36. The number of nitrogens with zero attached hydrogens (tertiary/aromatic N) is 4. The standard InChI is InChI=1S/C17H12N4OS3/c1-10-11(18-15(22-10)14-7-4-8-23-14)9-24-16-19-20-17-21(16)12-5-2-3-6-13(12)25-17/h2-8H,9H2,1H3. The van der Waals surface area contributed by atoms with Crippen molar-refractivity contribution >= 4 is 49.6 Å². The number of thiophene rings is 1. The van der Waals surface area contributed by atoms with E-state index in [1.165, 1.54) is 4.70 Å². The summed E-state index contributed by atoms with van der Waals surface area (Å²) in [5.41, 5.74) is 2.09. The second kappa shape index (κ2) is 5.98. The Morgan fingerprint density at radius 2 is 2.08 bits per heavy atom. The minimum absolute atomic E-state index is 0.690. The van der Waals surface area contributed by atoms with Crippen LogP contribution in [0.1, 0.15) is 11.5 Å². The topological polar surface area (TPSA) is 56.2 Å². The summed E-state index contributed by atoms with van der Waals surface area (Å²) in [6.45, 7) is 1.96. The predicted molar refractivity (Wildman–Crippen MR) is 102 cm³/mol. The summed E-state index contributed by atoms with van der Waals surface area (Å²) in [4.78, 5) is 6.62. The number of para-hydroxylation sites is 1. The van der Waals surface area contributed by atoms with Crippen LogP contribution >= 0.6 is 34.4 Å². The second-order valence-electron chi connectivity index (χ2n) is 5.46. The SMILES string of the molecule is Cc1oc(-c2cccs2)nc1CSc1nnc2sc3ccccc3n12. The van der Waals surface area contributed by atoms with Crippen LogP contribution in [0.2, 0.25) is 0 Å². The third-order valence-corrected chi connectivity index (χ3v) is 6.68. The fraction of sp³-hybridized carbons (Fsp3) is 0.118. The number of aryl methyl sites for hydroxylation is 1. The van der Waals surface area contributed by atoms with Crippen molar-refractivity contribution in [2.75, 3.05) is 0 Å². The van der Waals surface area contributed by atoms with Crippen molar-refractivity contribution in [3.05, 3.63) is 53.2 Å². The van der Waals surface area contributed by atoms with Crippen molar-refractivity contribution in [2.24, 2.45) is 0 Å². The van der Waals surface area contributed by atoms with Gasteiger partial charge in [0, 0.05) is 5.75 Å². The molecular formula is C17H12N4OS3. The highest BCUT2D eigenvalue weighted by molar-refractivity contribution is 7.98. The van der Waals surface area contributed by atoms with Gasteiger partial charge in [0.15, 0.2) is 5.16 Å². The van der Waals surface area contributed by atoms with Crippen molar-refractivity contribution in [3.63, 3.8) is 0 Å². The Balaban J connectivity index is 1.46. The minimum Gasteiger partial charge on any atom is -0.440 e. The molecule has 5 aromatic rings. The molecule has 0 bridgehead atoms. The maximum Gasteiger partial charge on any atom is 0.236 e. The first-order chi connectivity index (χ1) is 12.3. The zero-order valence-corrected chi connectivity index (χ0v) is 15.6. The van der Waals surface area contributed by atoms with Gasteiger partial charge >= 0.3 is 0 Å². The number of oxazole rings is 1. The molecule has 0 aliphatic heterocycles. The largest absolute Gasteiger partial charge is 0.440 e. The van der Waals surface area contributed by atoms with Gasteiger partial charge in [-0.2, -0.15) is 0 Å². The van der Waals surface area contributed by atoms with Crippen molar-refractivity contribution in [1.29, 1.82) is 0 Å². The summed E-state index contributed by atoms with van der Waals surface area (Å²) >= 11 is 4.91. The number of thiazole rings is 1. The van der Waals surface area contributed by atoms with Crippen molar-refractivity contribution < 1.29 is 4.42 Å². The molecule has 0 fully saturated rings. The van der Waals surface area contributed by atoms with Crippen molar-refractivity contribution in [2.45, 2.75) is 17.8 Å². The molecule has 0 aliphatic carbocycles. The van der Waals surface area contributed by atoms with Gasteiger partial charge < -0.3 is 4.42 Å². The third kappa shape index (κ3) is 2.57. The van der Waals surface area contributed by atoms with Crippen LogP contribution in [0.15, 0.2) is 51.4 Å². The number of hydrogen-bond donors (Lipinski definition) is 0. The maximum atomic E-state index is 5.82. The molecular weight excluding hydrogens is 372 g/mol. The molecule has 124 valence electrons. The molecule has 0 aliphatic rings. The van der Waals surface area contributed by atoms with Crippen molar-refractivity contribution in [1.82, 2.24) is 19.6 Å². The van der Waals surface area contributed by atoms with E-state index in [1.807, 2.05) is 36.6 Å². The number of rotatable bonds is 4. The lowest BCUT2D eigenvalue weighted by Gasteiger charge is -1.98. The first-order valence-corrected chi connectivity index (χ1v) is 10.3. The Morgan fingerprint density at radius 3 is 2.96 bits per heavy atom. The molecule has 1 aromatic carbocycles. The summed E-state index contributed by atoms with van der Waals surface area (Å²) in [6.07, 6.45) is 0. The average Bonchev–Trinajstić information content (AvgIpc) is 3.37. The Labute approximate surface area is 155 Å². The first kappa shape index (κ1) is 15.1.